The van der Waals surface area contributed by atoms with Crippen molar-refractivity contribution in [1.29, 1.82) is 0 Å². The highest BCUT2D eigenvalue weighted by Crippen LogP contribution is 2.29. The lowest BCUT2D eigenvalue weighted by atomic mass is 9.93. The van der Waals surface area contributed by atoms with Crippen molar-refractivity contribution in [2.24, 2.45) is 0 Å². The van der Waals surface area contributed by atoms with Crippen LogP contribution in [-0.4, -0.2) is 35.4 Å². The number of hydrogen-bond donors (Lipinski definition) is 1. The molecule has 0 aliphatic carbocycles. The van der Waals surface area contributed by atoms with Gasteiger partial charge in [-0.3, -0.25) is 4.79 Å². The summed E-state index contributed by atoms with van der Waals surface area (Å²) in [4.78, 5) is 14.1. The Bertz CT molecular complexity index is 752. The molecule has 1 fully saturated rings. The van der Waals surface area contributed by atoms with Crippen LogP contribution in [0.5, 0.6) is 5.75 Å². The molecule has 0 unspecified atom stereocenters. The number of benzene rings is 1. The van der Waals surface area contributed by atoms with Crippen molar-refractivity contribution in [2.45, 2.75) is 25.1 Å². The molecule has 1 aliphatic rings. The van der Waals surface area contributed by atoms with Gasteiger partial charge in [-0.25, -0.2) is 0 Å². The average molecular weight is 355 g/mol. The topological polar surface area (TPSA) is 81.6 Å². The SMILES string of the molecule is Nc1cc(C2CCN(C(=O)c3cccc(OC(F)(F)F)c3)CC2)no1. The first kappa shape index (κ1) is 17.1. The van der Waals surface area contributed by atoms with Gasteiger partial charge in [-0.15, -0.1) is 13.2 Å². The van der Waals surface area contributed by atoms with E-state index in [9.17, 15) is 18.0 Å². The number of carbonyl (C=O) groups is 1. The van der Waals surface area contributed by atoms with Crippen molar-refractivity contribution < 1.29 is 27.2 Å². The second kappa shape index (κ2) is 6.66. The number of aromatic nitrogens is 1. The molecule has 2 heterocycles. The van der Waals surface area contributed by atoms with Gasteiger partial charge in [0.2, 0.25) is 5.88 Å². The first-order valence-electron chi connectivity index (χ1n) is 7.69. The Kier molecular flexibility index (Phi) is 4.56. The van der Waals surface area contributed by atoms with E-state index in [2.05, 4.69) is 9.89 Å². The summed E-state index contributed by atoms with van der Waals surface area (Å²) in [6.07, 6.45) is -3.44. The Morgan fingerprint density at radius 1 is 1.28 bits per heavy atom. The predicted molar refractivity (Wildman–Crippen MR) is 81.9 cm³/mol. The molecular weight excluding hydrogens is 339 g/mol. The van der Waals surface area contributed by atoms with Crippen molar-refractivity contribution in [3.63, 3.8) is 0 Å². The molecule has 1 aliphatic heterocycles. The number of nitrogens with zero attached hydrogens (tertiary/aromatic N) is 2. The molecule has 1 aromatic carbocycles. The Labute approximate surface area is 141 Å². The van der Waals surface area contributed by atoms with E-state index >= 15 is 0 Å². The predicted octanol–water partition coefficient (Wildman–Crippen LogP) is 3.18. The molecule has 0 bridgehead atoms. The fourth-order valence-electron chi connectivity index (χ4n) is 2.88. The fraction of sp³-hybridized carbons (Fsp3) is 0.375. The molecule has 1 amide bonds. The minimum absolute atomic E-state index is 0.144. The number of carbonyl (C=O) groups excluding carboxylic acids is 1. The molecule has 1 saturated heterocycles. The lowest BCUT2D eigenvalue weighted by molar-refractivity contribution is -0.274. The monoisotopic (exact) mass is 355 g/mol. The van der Waals surface area contributed by atoms with Crippen LogP contribution < -0.4 is 10.5 Å². The third-order valence-electron chi connectivity index (χ3n) is 4.06. The Balaban J connectivity index is 1.63. The zero-order chi connectivity index (χ0) is 18.0. The van der Waals surface area contributed by atoms with Gasteiger partial charge >= 0.3 is 6.36 Å². The lowest BCUT2D eigenvalue weighted by Crippen LogP contribution is -2.38. The van der Waals surface area contributed by atoms with Gasteiger partial charge < -0.3 is 19.9 Å². The molecule has 1 aromatic heterocycles. The molecule has 3 rings (SSSR count). The zero-order valence-electron chi connectivity index (χ0n) is 13.1. The van der Waals surface area contributed by atoms with Gasteiger partial charge in [0.25, 0.3) is 5.91 Å². The summed E-state index contributed by atoms with van der Waals surface area (Å²) in [5.74, 6) is -0.350. The molecule has 6 nitrogen and oxygen atoms in total. The van der Waals surface area contributed by atoms with Crippen molar-refractivity contribution in [1.82, 2.24) is 10.1 Å². The lowest BCUT2D eigenvalue weighted by Gasteiger charge is -2.31. The highest BCUT2D eigenvalue weighted by atomic mass is 19.4. The van der Waals surface area contributed by atoms with Gasteiger partial charge in [0.15, 0.2) is 0 Å². The summed E-state index contributed by atoms with van der Waals surface area (Å²) in [6, 6.07) is 6.75. The Morgan fingerprint density at radius 2 is 2.00 bits per heavy atom. The van der Waals surface area contributed by atoms with Gasteiger partial charge in [-0.1, -0.05) is 11.2 Å². The number of alkyl halides is 3. The van der Waals surface area contributed by atoms with Crippen LogP contribution in [-0.2, 0) is 0 Å². The number of amides is 1. The van der Waals surface area contributed by atoms with Crippen LogP contribution in [0.25, 0.3) is 0 Å². The van der Waals surface area contributed by atoms with Gasteiger partial charge in [0, 0.05) is 30.6 Å². The summed E-state index contributed by atoms with van der Waals surface area (Å²) in [5.41, 5.74) is 6.42. The first-order chi connectivity index (χ1) is 11.8. The van der Waals surface area contributed by atoms with Crippen LogP contribution in [0.4, 0.5) is 19.1 Å². The van der Waals surface area contributed by atoms with Crippen LogP contribution in [0, 0.1) is 0 Å². The van der Waals surface area contributed by atoms with Crippen LogP contribution in [0.15, 0.2) is 34.9 Å². The number of nitrogens with two attached hydrogens (primary N) is 1. The highest BCUT2D eigenvalue weighted by molar-refractivity contribution is 5.94. The molecule has 0 radical (unpaired) electrons. The third kappa shape index (κ3) is 4.23. The quantitative estimate of drug-likeness (QED) is 0.914. The van der Waals surface area contributed by atoms with E-state index in [1.165, 1.54) is 12.1 Å². The Hall–Kier alpha value is -2.71. The third-order valence-corrected chi connectivity index (χ3v) is 4.06. The maximum atomic E-state index is 12.5. The zero-order valence-corrected chi connectivity index (χ0v) is 13.1. The van der Waals surface area contributed by atoms with Gasteiger partial charge in [0.05, 0.1) is 5.69 Å². The normalized spacial score (nSPS) is 16.0. The molecule has 25 heavy (non-hydrogen) atoms. The summed E-state index contributed by atoms with van der Waals surface area (Å²) < 4.78 is 45.6. The van der Waals surface area contributed by atoms with Gasteiger partial charge in [0.1, 0.15) is 5.75 Å². The number of piperidine rings is 1. The number of hydrogen-bond acceptors (Lipinski definition) is 5. The summed E-state index contributed by atoms with van der Waals surface area (Å²) in [6.45, 7) is 0.946. The molecular formula is C16H16F3N3O3. The van der Waals surface area contributed by atoms with Crippen molar-refractivity contribution >= 4 is 11.8 Å². The molecule has 0 saturated carbocycles. The van der Waals surface area contributed by atoms with Crippen molar-refractivity contribution in [2.75, 3.05) is 18.8 Å². The van der Waals surface area contributed by atoms with E-state index in [0.717, 1.165) is 17.8 Å². The van der Waals surface area contributed by atoms with Crippen LogP contribution in [0.3, 0.4) is 0 Å². The summed E-state index contributed by atoms with van der Waals surface area (Å²) in [7, 11) is 0. The van der Waals surface area contributed by atoms with E-state index in [1.807, 2.05) is 0 Å². The van der Waals surface area contributed by atoms with E-state index in [0.29, 0.717) is 25.9 Å². The number of halogens is 3. The molecule has 2 aromatic rings. The van der Waals surface area contributed by atoms with Crippen LogP contribution in [0.1, 0.15) is 34.8 Å². The van der Waals surface area contributed by atoms with Crippen LogP contribution in [0.2, 0.25) is 0 Å². The van der Waals surface area contributed by atoms with E-state index in [-0.39, 0.29) is 23.3 Å². The average Bonchev–Trinajstić information content (AvgIpc) is 2.99. The molecule has 0 atom stereocenters. The van der Waals surface area contributed by atoms with E-state index in [1.54, 1.807) is 11.0 Å². The largest absolute Gasteiger partial charge is 0.573 e. The Morgan fingerprint density at radius 3 is 2.60 bits per heavy atom. The van der Waals surface area contributed by atoms with Gasteiger partial charge in [-0.2, -0.15) is 0 Å². The minimum Gasteiger partial charge on any atom is -0.406 e. The molecule has 134 valence electrons. The maximum Gasteiger partial charge on any atom is 0.573 e. The second-order valence-corrected chi connectivity index (χ2v) is 5.80. The minimum atomic E-state index is -4.79. The second-order valence-electron chi connectivity index (χ2n) is 5.80. The van der Waals surface area contributed by atoms with Crippen LogP contribution >= 0.6 is 0 Å². The van der Waals surface area contributed by atoms with Gasteiger partial charge in [-0.05, 0) is 31.0 Å². The first-order valence-corrected chi connectivity index (χ1v) is 7.69. The van der Waals surface area contributed by atoms with Crippen molar-refractivity contribution in [3.05, 3.63) is 41.6 Å². The van der Waals surface area contributed by atoms with E-state index in [4.69, 9.17) is 10.3 Å². The number of ether oxygens (including phenoxy) is 1. The summed E-state index contributed by atoms with van der Waals surface area (Å²) in [5, 5.41) is 3.89. The summed E-state index contributed by atoms with van der Waals surface area (Å²) >= 11 is 0. The molecule has 9 heteroatoms. The fourth-order valence-corrected chi connectivity index (χ4v) is 2.88. The van der Waals surface area contributed by atoms with E-state index < -0.39 is 12.1 Å². The number of nitrogen functional groups attached to an aromatic ring is 1. The van der Waals surface area contributed by atoms with Crippen molar-refractivity contribution in [3.8, 4) is 5.75 Å². The number of rotatable bonds is 3. The highest BCUT2D eigenvalue weighted by Gasteiger charge is 2.32. The molecule has 0 spiro atoms. The standard InChI is InChI=1S/C16H16F3N3O3/c17-16(18,19)24-12-3-1-2-11(8-12)15(23)22-6-4-10(5-7-22)13-9-14(20)25-21-13/h1-3,8-10H,4-7,20H2. The number of anilines is 1. The number of likely N-dealkylation sites (tertiary alicyclic amines) is 1. The smallest absolute Gasteiger partial charge is 0.406 e. The molecule has 2 N–H and O–H groups in total. The maximum absolute atomic E-state index is 12.5.